The summed E-state index contributed by atoms with van der Waals surface area (Å²) >= 11 is 0. The number of benzene rings is 1. The monoisotopic (exact) mass is 243 g/mol. The van der Waals surface area contributed by atoms with Crippen LogP contribution < -0.4 is 0 Å². The SMILES string of the molecule is O=C(CC(=O)c1cncc(F)c1)c1ccccc1. The lowest BCUT2D eigenvalue weighted by molar-refractivity contribution is 0.0894. The molecule has 0 fully saturated rings. The van der Waals surface area contributed by atoms with Gasteiger partial charge in [0.05, 0.1) is 12.6 Å². The highest BCUT2D eigenvalue weighted by atomic mass is 19.1. The lowest BCUT2D eigenvalue weighted by Gasteiger charge is -2.01. The fourth-order valence-corrected chi connectivity index (χ4v) is 1.54. The zero-order valence-electron chi connectivity index (χ0n) is 9.47. The average molecular weight is 243 g/mol. The summed E-state index contributed by atoms with van der Waals surface area (Å²) in [4.78, 5) is 27.1. The third-order valence-corrected chi connectivity index (χ3v) is 2.44. The summed E-state index contributed by atoms with van der Waals surface area (Å²) in [5.41, 5.74) is 0.578. The maximum Gasteiger partial charge on any atom is 0.172 e. The number of pyridine rings is 1. The molecular weight excluding hydrogens is 233 g/mol. The van der Waals surface area contributed by atoms with Crippen molar-refractivity contribution in [3.05, 3.63) is 65.7 Å². The van der Waals surface area contributed by atoms with Crippen LogP contribution in [0.3, 0.4) is 0 Å². The predicted molar refractivity (Wildman–Crippen MR) is 63.9 cm³/mol. The highest BCUT2D eigenvalue weighted by Crippen LogP contribution is 2.09. The van der Waals surface area contributed by atoms with Gasteiger partial charge in [-0.3, -0.25) is 14.6 Å². The van der Waals surface area contributed by atoms with E-state index in [9.17, 15) is 14.0 Å². The Bertz CT molecular complexity index is 581. The quantitative estimate of drug-likeness (QED) is 0.612. The number of Topliss-reactive ketones (excluding diaryl/α,β-unsaturated/α-hetero) is 2. The van der Waals surface area contributed by atoms with Crippen LogP contribution in [0.15, 0.2) is 48.8 Å². The van der Waals surface area contributed by atoms with E-state index in [1.165, 1.54) is 6.20 Å². The molecule has 1 aromatic heterocycles. The molecule has 0 saturated heterocycles. The summed E-state index contributed by atoms with van der Waals surface area (Å²) in [6.07, 6.45) is 1.98. The van der Waals surface area contributed by atoms with Crippen molar-refractivity contribution in [2.24, 2.45) is 0 Å². The number of ketones is 2. The highest BCUT2D eigenvalue weighted by molar-refractivity contribution is 6.13. The summed E-state index contributed by atoms with van der Waals surface area (Å²) in [5, 5.41) is 0. The number of carbonyl (C=O) groups excluding carboxylic acids is 2. The molecule has 0 bridgehead atoms. The smallest absolute Gasteiger partial charge is 0.172 e. The molecule has 0 aliphatic heterocycles. The molecule has 1 heterocycles. The van der Waals surface area contributed by atoms with Gasteiger partial charge in [0.1, 0.15) is 5.82 Å². The highest BCUT2D eigenvalue weighted by Gasteiger charge is 2.14. The van der Waals surface area contributed by atoms with E-state index in [2.05, 4.69) is 4.98 Å². The first-order chi connectivity index (χ1) is 8.66. The Labute approximate surface area is 103 Å². The van der Waals surface area contributed by atoms with Gasteiger partial charge in [0, 0.05) is 17.3 Å². The van der Waals surface area contributed by atoms with Crippen LogP contribution in [-0.2, 0) is 0 Å². The average Bonchev–Trinajstić information content (AvgIpc) is 2.39. The molecule has 0 N–H and O–H groups in total. The van der Waals surface area contributed by atoms with Gasteiger partial charge < -0.3 is 0 Å². The van der Waals surface area contributed by atoms with Crippen LogP contribution in [0.4, 0.5) is 4.39 Å². The number of rotatable bonds is 4. The van der Waals surface area contributed by atoms with Crippen LogP contribution in [0.25, 0.3) is 0 Å². The van der Waals surface area contributed by atoms with E-state index in [0.29, 0.717) is 5.56 Å². The third-order valence-electron chi connectivity index (χ3n) is 2.44. The molecule has 0 aliphatic rings. The molecule has 90 valence electrons. The van der Waals surface area contributed by atoms with Gasteiger partial charge in [-0.15, -0.1) is 0 Å². The van der Waals surface area contributed by atoms with E-state index in [1.54, 1.807) is 30.3 Å². The Morgan fingerprint density at radius 1 is 1.00 bits per heavy atom. The molecule has 0 unspecified atom stereocenters. The standard InChI is InChI=1S/C14H10FNO2/c15-12-6-11(8-16-9-12)14(18)7-13(17)10-4-2-1-3-5-10/h1-6,8-9H,7H2. The molecule has 2 aromatic rings. The molecule has 0 aliphatic carbocycles. The predicted octanol–water partition coefficient (Wildman–Crippen LogP) is 2.68. The maximum absolute atomic E-state index is 12.9. The number of nitrogens with zero attached hydrogens (tertiary/aromatic N) is 1. The largest absolute Gasteiger partial charge is 0.294 e. The van der Waals surface area contributed by atoms with Crippen LogP contribution in [0.5, 0.6) is 0 Å². The number of hydrogen-bond acceptors (Lipinski definition) is 3. The van der Waals surface area contributed by atoms with E-state index in [0.717, 1.165) is 12.3 Å². The van der Waals surface area contributed by atoms with Crippen molar-refractivity contribution in [1.29, 1.82) is 0 Å². The Morgan fingerprint density at radius 3 is 2.33 bits per heavy atom. The molecule has 0 saturated carbocycles. The van der Waals surface area contributed by atoms with Gasteiger partial charge in [0.25, 0.3) is 0 Å². The Morgan fingerprint density at radius 2 is 1.67 bits per heavy atom. The number of carbonyl (C=O) groups is 2. The lowest BCUT2D eigenvalue weighted by atomic mass is 10.0. The van der Waals surface area contributed by atoms with Crippen LogP contribution in [0.1, 0.15) is 27.1 Å². The van der Waals surface area contributed by atoms with E-state index < -0.39 is 11.6 Å². The fraction of sp³-hybridized carbons (Fsp3) is 0.0714. The number of halogens is 1. The second-order valence-corrected chi connectivity index (χ2v) is 3.78. The maximum atomic E-state index is 12.9. The third kappa shape index (κ3) is 2.85. The van der Waals surface area contributed by atoms with Crippen molar-refractivity contribution in [2.75, 3.05) is 0 Å². The molecule has 0 spiro atoms. The van der Waals surface area contributed by atoms with Gasteiger partial charge in [-0.1, -0.05) is 30.3 Å². The van der Waals surface area contributed by atoms with Crippen molar-refractivity contribution in [3.8, 4) is 0 Å². The van der Waals surface area contributed by atoms with E-state index in [4.69, 9.17) is 0 Å². The summed E-state index contributed by atoms with van der Waals surface area (Å²) in [5.74, 6) is -1.31. The van der Waals surface area contributed by atoms with Crippen molar-refractivity contribution < 1.29 is 14.0 Å². The molecule has 3 nitrogen and oxygen atoms in total. The van der Waals surface area contributed by atoms with Crippen LogP contribution >= 0.6 is 0 Å². The van der Waals surface area contributed by atoms with E-state index >= 15 is 0 Å². The minimum atomic E-state index is -0.590. The van der Waals surface area contributed by atoms with Crippen LogP contribution in [-0.4, -0.2) is 16.6 Å². The summed E-state index contributed by atoms with van der Waals surface area (Å²) in [7, 11) is 0. The topological polar surface area (TPSA) is 47.0 Å². The van der Waals surface area contributed by atoms with Gasteiger partial charge in [0.2, 0.25) is 0 Å². The summed E-state index contributed by atoms with van der Waals surface area (Å²) < 4.78 is 12.9. The Balaban J connectivity index is 2.11. The van der Waals surface area contributed by atoms with Crippen molar-refractivity contribution in [1.82, 2.24) is 4.98 Å². The zero-order chi connectivity index (χ0) is 13.0. The molecule has 0 radical (unpaired) electrons. The van der Waals surface area contributed by atoms with E-state index in [-0.39, 0.29) is 17.8 Å². The lowest BCUT2D eigenvalue weighted by Crippen LogP contribution is -2.09. The second-order valence-electron chi connectivity index (χ2n) is 3.78. The molecule has 0 amide bonds. The molecule has 1 aromatic carbocycles. The molecular formula is C14H10FNO2. The Hall–Kier alpha value is -2.36. The first-order valence-electron chi connectivity index (χ1n) is 5.39. The molecule has 4 heteroatoms. The fourth-order valence-electron chi connectivity index (χ4n) is 1.54. The van der Waals surface area contributed by atoms with Crippen molar-refractivity contribution >= 4 is 11.6 Å². The van der Waals surface area contributed by atoms with Gasteiger partial charge >= 0.3 is 0 Å². The minimum Gasteiger partial charge on any atom is -0.294 e. The van der Waals surface area contributed by atoms with Gasteiger partial charge in [-0.2, -0.15) is 0 Å². The summed E-state index contributed by atoms with van der Waals surface area (Å²) in [6.45, 7) is 0. The van der Waals surface area contributed by atoms with Gasteiger partial charge in [-0.05, 0) is 6.07 Å². The van der Waals surface area contributed by atoms with Crippen LogP contribution in [0, 0.1) is 5.82 Å². The molecule has 2 rings (SSSR count). The molecule has 18 heavy (non-hydrogen) atoms. The molecule has 0 atom stereocenters. The van der Waals surface area contributed by atoms with Crippen LogP contribution in [0.2, 0.25) is 0 Å². The number of aromatic nitrogens is 1. The number of hydrogen-bond donors (Lipinski definition) is 0. The summed E-state index contributed by atoms with van der Waals surface area (Å²) in [6, 6.07) is 9.59. The minimum absolute atomic E-state index is 0.110. The van der Waals surface area contributed by atoms with E-state index in [1.807, 2.05) is 0 Å². The Kier molecular flexibility index (Phi) is 3.57. The van der Waals surface area contributed by atoms with Gasteiger partial charge in [0.15, 0.2) is 11.6 Å². The zero-order valence-corrected chi connectivity index (χ0v) is 9.47. The normalized spacial score (nSPS) is 10.1. The van der Waals surface area contributed by atoms with Crippen molar-refractivity contribution in [2.45, 2.75) is 6.42 Å². The van der Waals surface area contributed by atoms with Gasteiger partial charge in [-0.25, -0.2) is 4.39 Å². The first kappa shape index (κ1) is 12.1. The first-order valence-corrected chi connectivity index (χ1v) is 5.39. The second kappa shape index (κ2) is 5.31. The van der Waals surface area contributed by atoms with Crippen molar-refractivity contribution in [3.63, 3.8) is 0 Å².